The van der Waals surface area contributed by atoms with Gasteiger partial charge in [-0.2, -0.15) is 0 Å². The van der Waals surface area contributed by atoms with Crippen LogP contribution in [0.25, 0.3) is 0 Å². The summed E-state index contributed by atoms with van der Waals surface area (Å²) in [5.74, 6) is -0.633. The molecule has 1 unspecified atom stereocenters. The molecule has 2 rings (SSSR count). The molecule has 6 nitrogen and oxygen atoms in total. The topological polar surface area (TPSA) is 63.7 Å². The maximum absolute atomic E-state index is 11.8. The van der Waals surface area contributed by atoms with E-state index in [1.807, 2.05) is 19.9 Å². The summed E-state index contributed by atoms with van der Waals surface area (Å²) >= 11 is 0. The number of nitrogens with one attached hydrogen (secondary N) is 1. The predicted molar refractivity (Wildman–Crippen MR) is 75.6 cm³/mol. The first-order chi connectivity index (χ1) is 9.37. The molecule has 0 aromatic carbocycles. The molecule has 1 aliphatic heterocycles. The minimum absolute atomic E-state index is 0.00571. The highest BCUT2D eigenvalue weighted by molar-refractivity contribution is 5.92. The monoisotopic (exact) mass is 279 g/mol. The lowest BCUT2D eigenvalue weighted by Gasteiger charge is -2.17. The van der Waals surface area contributed by atoms with Crippen LogP contribution in [0.5, 0.6) is 0 Å². The summed E-state index contributed by atoms with van der Waals surface area (Å²) < 4.78 is 11.2. The number of carbonyl (C=O) groups excluding carboxylic acids is 1. The van der Waals surface area contributed by atoms with E-state index in [0.717, 1.165) is 5.69 Å². The van der Waals surface area contributed by atoms with E-state index in [9.17, 15) is 4.79 Å². The molecule has 1 fully saturated rings. The highest BCUT2D eigenvalue weighted by Gasteiger charge is 2.32. The molecule has 1 aromatic rings. The molecule has 1 aliphatic rings. The van der Waals surface area contributed by atoms with Gasteiger partial charge in [0, 0.05) is 32.5 Å². The molecule has 2 heterocycles. The Balaban J connectivity index is 1.94. The van der Waals surface area contributed by atoms with Crippen molar-refractivity contribution in [3.63, 3.8) is 0 Å². The minimum Gasteiger partial charge on any atom is -0.382 e. The molecule has 110 valence electrons. The zero-order chi connectivity index (χ0) is 14.8. The maximum Gasteiger partial charge on any atom is 0.272 e. The number of ether oxygens (including phenoxy) is 2. The highest BCUT2D eigenvalue weighted by atomic mass is 16.7. The summed E-state index contributed by atoms with van der Waals surface area (Å²) in [5, 5.41) is 3.24. The first kappa shape index (κ1) is 14.7. The molecular formula is C14H21N3O3. The van der Waals surface area contributed by atoms with Gasteiger partial charge in [0.2, 0.25) is 0 Å². The Morgan fingerprint density at radius 1 is 1.55 bits per heavy atom. The van der Waals surface area contributed by atoms with Gasteiger partial charge in [-0.3, -0.25) is 9.78 Å². The van der Waals surface area contributed by atoms with Crippen molar-refractivity contribution in [2.75, 3.05) is 32.6 Å². The van der Waals surface area contributed by atoms with E-state index in [0.29, 0.717) is 18.8 Å². The fourth-order valence-corrected chi connectivity index (χ4v) is 1.98. The van der Waals surface area contributed by atoms with E-state index in [2.05, 4.69) is 10.3 Å². The summed E-state index contributed by atoms with van der Waals surface area (Å²) in [7, 11) is 3.41. The fraction of sp³-hybridized carbons (Fsp3) is 0.571. The Morgan fingerprint density at radius 2 is 2.30 bits per heavy atom. The van der Waals surface area contributed by atoms with E-state index in [-0.39, 0.29) is 12.0 Å². The Morgan fingerprint density at radius 3 is 2.90 bits per heavy atom. The lowest BCUT2D eigenvalue weighted by Crippen LogP contribution is -2.26. The van der Waals surface area contributed by atoms with E-state index in [4.69, 9.17) is 9.47 Å². The van der Waals surface area contributed by atoms with E-state index >= 15 is 0 Å². The van der Waals surface area contributed by atoms with Gasteiger partial charge in [0.1, 0.15) is 11.8 Å². The highest BCUT2D eigenvalue weighted by Crippen LogP contribution is 2.22. The summed E-state index contributed by atoms with van der Waals surface area (Å²) in [6.45, 7) is 4.98. The van der Waals surface area contributed by atoms with Crippen LogP contribution in [0.2, 0.25) is 0 Å². The van der Waals surface area contributed by atoms with Gasteiger partial charge in [-0.25, -0.2) is 0 Å². The second kappa shape index (κ2) is 5.76. The zero-order valence-electron chi connectivity index (χ0n) is 12.3. The third kappa shape index (κ3) is 3.68. The van der Waals surface area contributed by atoms with Crippen molar-refractivity contribution in [2.24, 2.45) is 0 Å². The number of rotatable bonds is 4. The normalized spacial score (nSPS) is 20.7. The van der Waals surface area contributed by atoms with Crippen molar-refractivity contribution >= 4 is 11.6 Å². The zero-order valence-corrected chi connectivity index (χ0v) is 12.3. The molecule has 1 saturated heterocycles. The summed E-state index contributed by atoms with van der Waals surface area (Å²) in [4.78, 5) is 17.4. The average molecular weight is 279 g/mol. The SMILES string of the molecule is CN(C)C(=O)c1cc(NCC2COC(C)(C)O2)ccn1. The average Bonchev–Trinajstić information content (AvgIpc) is 2.75. The van der Waals surface area contributed by atoms with Gasteiger partial charge in [-0.15, -0.1) is 0 Å². The summed E-state index contributed by atoms with van der Waals surface area (Å²) in [6, 6.07) is 3.57. The number of amides is 1. The van der Waals surface area contributed by atoms with Crippen LogP contribution in [-0.2, 0) is 9.47 Å². The first-order valence-corrected chi connectivity index (χ1v) is 6.61. The van der Waals surface area contributed by atoms with E-state index < -0.39 is 5.79 Å². The van der Waals surface area contributed by atoms with Crippen molar-refractivity contribution in [2.45, 2.75) is 25.7 Å². The van der Waals surface area contributed by atoms with Gasteiger partial charge in [0.15, 0.2) is 5.79 Å². The minimum atomic E-state index is -0.517. The Bertz CT molecular complexity index is 488. The van der Waals surface area contributed by atoms with Crippen molar-refractivity contribution in [1.29, 1.82) is 0 Å². The van der Waals surface area contributed by atoms with Gasteiger partial charge < -0.3 is 19.7 Å². The van der Waals surface area contributed by atoms with Gasteiger partial charge in [0.05, 0.1) is 6.61 Å². The molecule has 0 saturated carbocycles. The van der Waals surface area contributed by atoms with Crippen molar-refractivity contribution in [3.05, 3.63) is 24.0 Å². The van der Waals surface area contributed by atoms with Crippen molar-refractivity contribution in [1.82, 2.24) is 9.88 Å². The van der Waals surface area contributed by atoms with Crippen LogP contribution in [0.3, 0.4) is 0 Å². The molecule has 1 aromatic heterocycles. The third-order valence-electron chi connectivity index (χ3n) is 2.99. The smallest absolute Gasteiger partial charge is 0.272 e. The third-order valence-corrected chi connectivity index (χ3v) is 2.99. The molecule has 0 bridgehead atoms. The Labute approximate surface area is 119 Å². The van der Waals surface area contributed by atoms with Crippen molar-refractivity contribution in [3.8, 4) is 0 Å². The molecule has 20 heavy (non-hydrogen) atoms. The Kier molecular flexibility index (Phi) is 4.25. The van der Waals surface area contributed by atoms with Crippen LogP contribution in [0.15, 0.2) is 18.3 Å². The number of aromatic nitrogens is 1. The van der Waals surface area contributed by atoms with Gasteiger partial charge in [-0.1, -0.05) is 0 Å². The molecule has 0 radical (unpaired) electrons. The lowest BCUT2D eigenvalue weighted by atomic mass is 10.2. The standard InChI is InChI=1S/C14H21N3O3/c1-14(2)19-9-11(20-14)8-16-10-5-6-15-12(7-10)13(18)17(3)4/h5-7,11H,8-9H2,1-4H3,(H,15,16). The van der Waals surface area contributed by atoms with E-state index in [1.165, 1.54) is 4.90 Å². The Hall–Kier alpha value is -1.66. The summed E-state index contributed by atoms with van der Waals surface area (Å²) in [5.41, 5.74) is 1.27. The fourth-order valence-electron chi connectivity index (χ4n) is 1.98. The van der Waals surface area contributed by atoms with Crippen molar-refractivity contribution < 1.29 is 14.3 Å². The number of carbonyl (C=O) groups is 1. The number of anilines is 1. The second-order valence-corrected chi connectivity index (χ2v) is 5.46. The van der Waals surface area contributed by atoms with Gasteiger partial charge in [0.25, 0.3) is 5.91 Å². The molecule has 1 amide bonds. The molecule has 1 N–H and O–H groups in total. The quantitative estimate of drug-likeness (QED) is 0.901. The molecule has 6 heteroatoms. The van der Waals surface area contributed by atoms with Gasteiger partial charge in [-0.05, 0) is 26.0 Å². The molecular weight excluding hydrogens is 258 g/mol. The number of hydrogen-bond donors (Lipinski definition) is 1. The van der Waals surface area contributed by atoms with Crippen LogP contribution in [0.4, 0.5) is 5.69 Å². The largest absolute Gasteiger partial charge is 0.382 e. The van der Waals surface area contributed by atoms with Crippen LogP contribution in [0, 0.1) is 0 Å². The van der Waals surface area contributed by atoms with Gasteiger partial charge >= 0.3 is 0 Å². The van der Waals surface area contributed by atoms with Crippen LogP contribution >= 0.6 is 0 Å². The first-order valence-electron chi connectivity index (χ1n) is 6.61. The second-order valence-electron chi connectivity index (χ2n) is 5.46. The maximum atomic E-state index is 11.8. The van der Waals surface area contributed by atoms with Crippen LogP contribution < -0.4 is 5.32 Å². The predicted octanol–water partition coefficient (Wildman–Crippen LogP) is 1.35. The lowest BCUT2D eigenvalue weighted by molar-refractivity contribution is -0.136. The number of nitrogens with zero attached hydrogens (tertiary/aromatic N) is 2. The summed E-state index contributed by atoms with van der Waals surface area (Å²) in [6.07, 6.45) is 1.63. The molecule has 1 atom stereocenters. The molecule has 0 spiro atoms. The van der Waals surface area contributed by atoms with Crippen LogP contribution in [0.1, 0.15) is 24.3 Å². The number of pyridine rings is 1. The molecule has 0 aliphatic carbocycles. The van der Waals surface area contributed by atoms with E-state index in [1.54, 1.807) is 26.4 Å². The van der Waals surface area contributed by atoms with Crippen LogP contribution in [-0.4, -0.2) is 54.9 Å². The number of hydrogen-bond acceptors (Lipinski definition) is 5.